The Balaban J connectivity index is 1.67. The van der Waals surface area contributed by atoms with Crippen LogP contribution in [0.2, 0.25) is 10.0 Å². The first kappa shape index (κ1) is 14.2. The Morgan fingerprint density at radius 3 is 2.90 bits per heavy atom. The minimum atomic E-state index is 0.0963. The predicted octanol–water partition coefficient (Wildman–Crippen LogP) is 2.92. The standard InChI is InChI=1S/C15H18Cl2N2O/c1-9-8-19(5-4-18-9)15(20)13-7-12(13)11-3-2-10(16)6-14(11)17/h2-3,6,9,12-13,18H,4-5,7-8H2,1H3. The van der Waals surface area contributed by atoms with Crippen LogP contribution in [0.25, 0.3) is 0 Å². The zero-order valence-electron chi connectivity index (χ0n) is 11.4. The fraction of sp³-hybridized carbons (Fsp3) is 0.533. The second kappa shape index (κ2) is 5.55. The molecule has 5 heteroatoms. The molecule has 2 fully saturated rings. The first-order valence-electron chi connectivity index (χ1n) is 7.03. The van der Waals surface area contributed by atoms with E-state index in [2.05, 4.69) is 12.2 Å². The van der Waals surface area contributed by atoms with E-state index in [4.69, 9.17) is 23.2 Å². The molecule has 0 radical (unpaired) electrons. The van der Waals surface area contributed by atoms with Crippen molar-refractivity contribution in [3.8, 4) is 0 Å². The largest absolute Gasteiger partial charge is 0.340 e. The van der Waals surface area contributed by atoms with Crippen molar-refractivity contribution in [3.63, 3.8) is 0 Å². The van der Waals surface area contributed by atoms with E-state index >= 15 is 0 Å². The van der Waals surface area contributed by atoms with E-state index in [1.165, 1.54) is 0 Å². The fourth-order valence-electron chi connectivity index (χ4n) is 2.98. The van der Waals surface area contributed by atoms with Gasteiger partial charge in [0.05, 0.1) is 0 Å². The Bertz CT molecular complexity index is 535. The summed E-state index contributed by atoms with van der Waals surface area (Å²) in [5, 5.41) is 4.66. The van der Waals surface area contributed by atoms with Crippen molar-refractivity contribution in [1.82, 2.24) is 10.2 Å². The molecule has 1 N–H and O–H groups in total. The number of nitrogens with zero attached hydrogens (tertiary/aromatic N) is 1. The molecule has 1 aliphatic carbocycles. The third-order valence-electron chi connectivity index (χ3n) is 4.15. The molecule has 3 atom stereocenters. The highest BCUT2D eigenvalue weighted by atomic mass is 35.5. The van der Waals surface area contributed by atoms with Crippen molar-refractivity contribution < 1.29 is 4.79 Å². The van der Waals surface area contributed by atoms with Gasteiger partial charge in [0.15, 0.2) is 0 Å². The molecule has 20 heavy (non-hydrogen) atoms. The van der Waals surface area contributed by atoms with Crippen molar-refractivity contribution in [1.29, 1.82) is 0 Å². The minimum absolute atomic E-state index is 0.0963. The number of rotatable bonds is 2. The normalized spacial score (nSPS) is 29.4. The minimum Gasteiger partial charge on any atom is -0.340 e. The lowest BCUT2D eigenvalue weighted by Crippen LogP contribution is -2.51. The van der Waals surface area contributed by atoms with E-state index in [9.17, 15) is 4.79 Å². The highest BCUT2D eigenvalue weighted by Gasteiger charge is 2.46. The van der Waals surface area contributed by atoms with Gasteiger partial charge < -0.3 is 10.2 Å². The van der Waals surface area contributed by atoms with Crippen LogP contribution < -0.4 is 5.32 Å². The number of amides is 1. The number of nitrogens with one attached hydrogen (secondary N) is 1. The number of halogens is 2. The summed E-state index contributed by atoms with van der Waals surface area (Å²) in [4.78, 5) is 14.5. The first-order chi connectivity index (χ1) is 9.56. The van der Waals surface area contributed by atoms with Crippen molar-refractivity contribution in [3.05, 3.63) is 33.8 Å². The summed E-state index contributed by atoms with van der Waals surface area (Å²) in [5.74, 6) is 0.630. The van der Waals surface area contributed by atoms with Gasteiger partial charge in [-0.3, -0.25) is 4.79 Å². The van der Waals surface area contributed by atoms with Crippen LogP contribution in [-0.2, 0) is 4.79 Å². The van der Waals surface area contributed by atoms with Crippen molar-refractivity contribution in [2.75, 3.05) is 19.6 Å². The van der Waals surface area contributed by atoms with Crippen LogP contribution in [0.5, 0.6) is 0 Å². The zero-order valence-corrected chi connectivity index (χ0v) is 12.9. The van der Waals surface area contributed by atoms with Crippen LogP contribution in [0.4, 0.5) is 0 Å². The molecule has 0 bridgehead atoms. The second-order valence-corrected chi connectivity index (χ2v) is 6.60. The molecule has 1 aromatic rings. The van der Waals surface area contributed by atoms with Gasteiger partial charge in [0.25, 0.3) is 0 Å². The van der Waals surface area contributed by atoms with Crippen LogP contribution in [-0.4, -0.2) is 36.5 Å². The lowest BCUT2D eigenvalue weighted by Gasteiger charge is -2.32. The molecule has 1 amide bonds. The Morgan fingerprint density at radius 1 is 1.40 bits per heavy atom. The van der Waals surface area contributed by atoms with Gasteiger partial charge in [-0.1, -0.05) is 29.3 Å². The maximum absolute atomic E-state index is 12.5. The highest BCUT2D eigenvalue weighted by Crippen LogP contribution is 2.50. The third-order valence-corrected chi connectivity index (χ3v) is 4.71. The van der Waals surface area contributed by atoms with E-state index in [-0.39, 0.29) is 17.7 Å². The van der Waals surface area contributed by atoms with E-state index in [0.29, 0.717) is 16.1 Å². The highest BCUT2D eigenvalue weighted by molar-refractivity contribution is 6.35. The average Bonchev–Trinajstić information content (AvgIpc) is 3.18. The van der Waals surface area contributed by atoms with Crippen molar-refractivity contribution >= 4 is 29.1 Å². The molecule has 2 aliphatic rings. The molecular formula is C15H18Cl2N2O. The van der Waals surface area contributed by atoms with Gasteiger partial charge in [-0.05, 0) is 37.0 Å². The van der Waals surface area contributed by atoms with Crippen molar-refractivity contribution in [2.24, 2.45) is 5.92 Å². The SMILES string of the molecule is CC1CN(C(=O)C2CC2c2ccc(Cl)cc2Cl)CCN1. The fourth-order valence-corrected chi connectivity index (χ4v) is 3.53. The number of benzene rings is 1. The molecule has 3 nitrogen and oxygen atoms in total. The van der Waals surface area contributed by atoms with E-state index < -0.39 is 0 Å². The number of hydrogen-bond donors (Lipinski definition) is 1. The smallest absolute Gasteiger partial charge is 0.226 e. The molecule has 1 aliphatic heterocycles. The summed E-state index contributed by atoms with van der Waals surface area (Å²) < 4.78 is 0. The predicted molar refractivity (Wildman–Crippen MR) is 81.4 cm³/mol. The molecule has 3 unspecified atom stereocenters. The molecular weight excluding hydrogens is 295 g/mol. The van der Waals surface area contributed by atoms with E-state index in [1.807, 2.05) is 17.0 Å². The number of hydrogen-bond acceptors (Lipinski definition) is 2. The topological polar surface area (TPSA) is 32.3 Å². The monoisotopic (exact) mass is 312 g/mol. The van der Waals surface area contributed by atoms with Gasteiger partial charge in [0, 0.05) is 41.6 Å². The number of carbonyl (C=O) groups is 1. The van der Waals surface area contributed by atoms with E-state index in [0.717, 1.165) is 31.6 Å². The van der Waals surface area contributed by atoms with Crippen molar-refractivity contribution in [2.45, 2.75) is 25.3 Å². The van der Waals surface area contributed by atoms with Gasteiger partial charge in [0.1, 0.15) is 0 Å². The summed E-state index contributed by atoms with van der Waals surface area (Å²) in [6.07, 6.45) is 0.901. The number of carbonyl (C=O) groups excluding carboxylic acids is 1. The molecule has 1 aromatic carbocycles. The first-order valence-corrected chi connectivity index (χ1v) is 7.79. The molecule has 1 heterocycles. The van der Waals surface area contributed by atoms with Gasteiger partial charge in [0.2, 0.25) is 5.91 Å². The Morgan fingerprint density at radius 2 is 2.20 bits per heavy atom. The van der Waals surface area contributed by atoms with Crippen LogP contribution >= 0.6 is 23.2 Å². The van der Waals surface area contributed by atoms with Gasteiger partial charge in [-0.15, -0.1) is 0 Å². The number of piperazine rings is 1. The summed E-state index contributed by atoms with van der Waals surface area (Å²) in [7, 11) is 0. The Kier molecular flexibility index (Phi) is 3.93. The average molecular weight is 313 g/mol. The lowest BCUT2D eigenvalue weighted by atomic mass is 10.1. The summed E-state index contributed by atoms with van der Waals surface area (Å²) in [5.41, 5.74) is 1.05. The molecule has 1 saturated heterocycles. The zero-order chi connectivity index (χ0) is 14.3. The van der Waals surface area contributed by atoms with Gasteiger partial charge in [-0.2, -0.15) is 0 Å². The lowest BCUT2D eigenvalue weighted by molar-refractivity contribution is -0.133. The second-order valence-electron chi connectivity index (χ2n) is 5.75. The Labute approximate surface area is 129 Å². The summed E-state index contributed by atoms with van der Waals surface area (Å²) in [6, 6.07) is 5.92. The molecule has 0 spiro atoms. The molecule has 1 saturated carbocycles. The maximum atomic E-state index is 12.5. The molecule has 0 aromatic heterocycles. The summed E-state index contributed by atoms with van der Waals surface area (Å²) in [6.45, 7) is 4.60. The van der Waals surface area contributed by atoms with Gasteiger partial charge in [-0.25, -0.2) is 0 Å². The van der Waals surface area contributed by atoms with Crippen LogP contribution in [0.1, 0.15) is 24.8 Å². The summed E-state index contributed by atoms with van der Waals surface area (Å²) >= 11 is 12.1. The molecule has 3 rings (SSSR count). The molecule has 108 valence electrons. The maximum Gasteiger partial charge on any atom is 0.226 e. The van der Waals surface area contributed by atoms with Crippen LogP contribution in [0, 0.1) is 5.92 Å². The Hall–Kier alpha value is -0.770. The quantitative estimate of drug-likeness (QED) is 0.910. The third kappa shape index (κ3) is 2.80. The van der Waals surface area contributed by atoms with E-state index in [1.54, 1.807) is 6.07 Å². The van der Waals surface area contributed by atoms with Crippen LogP contribution in [0.3, 0.4) is 0 Å². The van der Waals surface area contributed by atoms with Crippen LogP contribution in [0.15, 0.2) is 18.2 Å². The van der Waals surface area contributed by atoms with Gasteiger partial charge >= 0.3 is 0 Å².